The van der Waals surface area contributed by atoms with Crippen LogP contribution in [-0.2, 0) is 25.4 Å². The monoisotopic (exact) mass is 647 g/mol. The summed E-state index contributed by atoms with van der Waals surface area (Å²) in [5.74, 6) is -0.00589. The average molecular weight is 648 g/mol. The smallest absolute Gasteiger partial charge is 0.252 e. The van der Waals surface area contributed by atoms with Gasteiger partial charge in [0.05, 0.1) is 6.33 Å². The molecular formula is C37H41N7O4. The maximum atomic E-state index is 13.1. The molecule has 4 atom stereocenters. The Kier molecular flexibility index (Phi) is 9.07. The quantitative estimate of drug-likeness (QED) is 0.166. The van der Waals surface area contributed by atoms with Gasteiger partial charge in [0.25, 0.3) is 5.91 Å². The minimum atomic E-state index is -0.881. The Bertz CT molecular complexity index is 1800. The van der Waals surface area contributed by atoms with Gasteiger partial charge in [-0.15, -0.1) is 0 Å². The number of aromatic nitrogens is 4. The molecule has 1 amide bonds. The van der Waals surface area contributed by atoms with Gasteiger partial charge in [0.2, 0.25) is 5.95 Å². The summed E-state index contributed by atoms with van der Waals surface area (Å²) in [5, 5.41) is 9.91. The van der Waals surface area contributed by atoms with Gasteiger partial charge in [-0.25, -0.2) is 4.98 Å². The molecule has 0 unspecified atom stereocenters. The third kappa shape index (κ3) is 6.62. The van der Waals surface area contributed by atoms with E-state index in [9.17, 15) is 4.79 Å². The van der Waals surface area contributed by atoms with Crippen LogP contribution in [0.1, 0.15) is 49.6 Å². The van der Waals surface area contributed by atoms with Crippen molar-refractivity contribution in [2.24, 2.45) is 0 Å². The number of anilines is 2. The molecule has 11 nitrogen and oxygen atoms in total. The van der Waals surface area contributed by atoms with Gasteiger partial charge in [-0.3, -0.25) is 9.36 Å². The Morgan fingerprint density at radius 2 is 1.52 bits per heavy atom. The SMILES string of the molecule is CCNC(=O)[C@H]1O[C@@H](n2cnc3c(NCC(c4ccccc4)c4ccccc4)nc(NCCc4ccccc4)nc32)[C@@H]2OC(C)(C)O[C@@H]21. The largest absolute Gasteiger partial charge is 0.367 e. The van der Waals surface area contributed by atoms with Crippen molar-refractivity contribution in [1.82, 2.24) is 24.8 Å². The van der Waals surface area contributed by atoms with E-state index in [0.29, 0.717) is 42.6 Å². The summed E-state index contributed by atoms with van der Waals surface area (Å²) < 4.78 is 20.7. The summed E-state index contributed by atoms with van der Waals surface area (Å²) in [4.78, 5) is 27.7. The van der Waals surface area contributed by atoms with E-state index >= 15 is 0 Å². The standard InChI is InChI=1S/C37H41N7O4/c1-4-38-34(45)30-29-31(48-37(2,3)47-29)35(46-30)44-23-41-28-32(42-36(43-33(28)44)39-21-20-24-14-8-5-9-15-24)40-22-27(25-16-10-6-11-17-25)26-18-12-7-13-19-26/h5-19,23,27,29-31,35H,4,20-22H2,1-3H3,(H,38,45)(H2,39,40,42,43)/t29-,30+,31-,35-/m1/s1. The van der Waals surface area contributed by atoms with Crippen molar-refractivity contribution in [3.63, 3.8) is 0 Å². The second-order valence-electron chi connectivity index (χ2n) is 12.5. The van der Waals surface area contributed by atoms with Crippen molar-refractivity contribution in [2.75, 3.05) is 30.3 Å². The summed E-state index contributed by atoms with van der Waals surface area (Å²) in [7, 11) is 0. The van der Waals surface area contributed by atoms with E-state index < -0.39 is 30.3 Å². The summed E-state index contributed by atoms with van der Waals surface area (Å²) in [6, 6.07) is 31.1. The lowest BCUT2D eigenvalue weighted by molar-refractivity contribution is -0.197. The number of carbonyl (C=O) groups excluding carboxylic acids is 1. The van der Waals surface area contributed by atoms with Crippen molar-refractivity contribution in [3.05, 3.63) is 114 Å². The summed E-state index contributed by atoms with van der Waals surface area (Å²) in [6.07, 6.45) is -0.199. The van der Waals surface area contributed by atoms with Gasteiger partial charge in [0.1, 0.15) is 12.2 Å². The van der Waals surface area contributed by atoms with Gasteiger partial charge < -0.3 is 30.2 Å². The highest BCUT2D eigenvalue weighted by atomic mass is 16.8. The number of hydrogen-bond acceptors (Lipinski definition) is 9. The molecule has 0 aliphatic carbocycles. The van der Waals surface area contributed by atoms with E-state index in [4.69, 9.17) is 29.2 Å². The van der Waals surface area contributed by atoms with E-state index in [1.54, 1.807) is 6.33 Å². The predicted octanol–water partition coefficient (Wildman–Crippen LogP) is 5.28. The fraction of sp³-hybridized carbons (Fsp3) is 0.351. The molecule has 3 aromatic carbocycles. The lowest BCUT2D eigenvalue weighted by atomic mass is 9.91. The van der Waals surface area contributed by atoms with E-state index in [1.807, 2.05) is 55.7 Å². The highest BCUT2D eigenvalue weighted by Crippen LogP contribution is 2.44. The van der Waals surface area contributed by atoms with E-state index in [1.165, 1.54) is 16.7 Å². The Labute approximate surface area is 280 Å². The van der Waals surface area contributed by atoms with Crippen LogP contribution in [0.4, 0.5) is 11.8 Å². The van der Waals surface area contributed by atoms with Gasteiger partial charge in [0.15, 0.2) is 35.1 Å². The van der Waals surface area contributed by atoms with Crippen molar-refractivity contribution in [2.45, 2.75) is 63.4 Å². The maximum Gasteiger partial charge on any atom is 0.252 e. The third-order valence-electron chi connectivity index (χ3n) is 8.75. The molecule has 2 aromatic heterocycles. The maximum absolute atomic E-state index is 13.1. The van der Waals surface area contributed by atoms with Crippen LogP contribution in [0.15, 0.2) is 97.3 Å². The molecule has 4 heterocycles. The van der Waals surface area contributed by atoms with Crippen molar-refractivity contribution in [3.8, 4) is 0 Å². The Morgan fingerprint density at radius 1 is 0.875 bits per heavy atom. The number of hydrogen-bond donors (Lipinski definition) is 3. The molecule has 11 heteroatoms. The van der Waals surface area contributed by atoms with Crippen molar-refractivity contribution < 1.29 is 19.0 Å². The molecular weight excluding hydrogens is 606 g/mol. The highest BCUT2D eigenvalue weighted by molar-refractivity contribution is 5.85. The Balaban J connectivity index is 1.23. The number of carbonyl (C=O) groups is 1. The third-order valence-corrected chi connectivity index (χ3v) is 8.75. The summed E-state index contributed by atoms with van der Waals surface area (Å²) >= 11 is 0. The van der Waals surface area contributed by atoms with Crippen LogP contribution in [0.2, 0.25) is 0 Å². The molecule has 7 rings (SSSR count). The second-order valence-corrected chi connectivity index (χ2v) is 12.5. The first kappa shape index (κ1) is 31.7. The van der Waals surface area contributed by atoms with Crippen LogP contribution in [0.3, 0.4) is 0 Å². The minimum Gasteiger partial charge on any atom is -0.367 e. The number of fused-ring (bicyclic) bond motifs is 2. The zero-order valence-corrected chi connectivity index (χ0v) is 27.4. The molecule has 0 spiro atoms. The number of imidazole rings is 1. The number of nitrogens with zero attached hydrogens (tertiary/aromatic N) is 4. The van der Waals surface area contributed by atoms with Crippen LogP contribution >= 0.6 is 0 Å². The number of rotatable bonds is 12. The number of nitrogens with one attached hydrogen (secondary N) is 3. The molecule has 2 fully saturated rings. The fourth-order valence-electron chi connectivity index (χ4n) is 6.55. The van der Waals surface area contributed by atoms with Crippen LogP contribution in [0, 0.1) is 0 Å². The second kappa shape index (κ2) is 13.7. The number of amides is 1. The fourth-order valence-corrected chi connectivity index (χ4v) is 6.55. The molecule has 3 N–H and O–H groups in total. The van der Waals surface area contributed by atoms with Gasteiger partial charge in [-0.1, -0.05) is 91.0 Å². The molecule has 2 saturated heterocycles. The summed E-state index contributed by atoms with van der Waals surface area (Å²) in [5.41, 5.74) is 4.74. The normalized spacial score (nSPS) is 21.3. The molecule has 248 valence electrons. The lowest BCUT2D eigenvalue weighted by Crippen LogP contribution is -2.42. The number of benzene rings is 3. The Morgan fingerprint density at radius 3 is 2.19 bits per heavy atom. The first-order valence-electron chi connectivity index (χ1n) is 16.5. The zero-order chi connectivity index (χ0) is 33.1. The zero-order valence-electron chi connectivity index (χ0n) is 27.4. The minimum absolute atomic E-state index is 0.0667. The van der Waals surface area contributed by atoms with Crippen LogP contribution in [0.25, 0.3) is 11.2 Å². The molecule has 2 aliphatic heterocycles. The topological polar surface area (TPSA) is 124 Å². The average Bonchev–Trinajstić information content (AvgIpc) is 3.77. The van der Waals surface area contributed by atoms with Crippen LogP contribution in [-0.4, -0.2) is 69.2 Å². The van der Waals surface area contributed by atoms with Crippen molar-refractivity contribution in [1.29, 1.82) is 0 Å². The van der Waals surface area contributed by atoms with Gasteiger partial charge in [-0.2, -0.15) is 9.97 Å². The number of ether oxygens (including phenoxy) is 3. The van der Waals surface area contributed by atoms with E-state index in [-0.39, 0.29) is 11.8 Å². The van der Waals surface area contributed by atoms with Crippen molar-refractivity contribution >= 4 is 28.8 Å². The molecule has 2 aliphatic rings. The lowest BCUT2D eigenvalue weighted by Gasteiger charge is -2.24. The van der Waals surface area contributed by atoms with Crippen LogP contribution in [0.5, 0.6) is 0 Å². The van der Waals surface area contributed by atoms with E-state index in [2.05, 4.69) is 76.6 Å². The van der Waals surface area contributed by atoms with Crippen LogP contribution < -0.4 is 16.0 Å². The molecule has 0 radical (unpaired) electrons. The number of likely N-dealkylation sites (N-methyl/N-ethyl adjacent to an activating group) is 1. The first-order valence-corrected chi connectivity index (χ1v) is 16.5. The predicted molar refractivity (Wildman–Crippen MR) is 184 cm³/mol. The Hall–Kier alpha value is -4.84. The van der Waals surface area contributed by atoms with Gasteiger partial charge in [0, 0.05) is 25.6 Å². The molecule has 0 saturated carbocycles. The highest BCUT2D eigenvalue weighted by Gasteiger charge is 2.58. The first-order chi connectivity index (χ1) is 23.4. The molecule has 5 aromatic rings. The molecule has 48 heavy (non-hydrogen) atoms. The summed E-state index contributed by atoms with van der Waals surface area (Å²) in [6.45, 7) is 7.25. The van der Waals surface area contributed by atoms with E-state index in [0.717, 1.165) is 6.42 Å². The van der Waals surface area contributed by atoms with Gasteiger partial charge >= 0.3 is 0 Å². The molecule has 0 bridgehead atoms. The van der Waals surface area contributed by atoms with Gasteiger partial charge in [-0.05, 0) is 43.9 Å².